The molecule has 0 aliphatic carbocycles. The van der Waals surface area contributed by atoms with Crippen LogP contribution in [0.5, 0.6) is 5.75 Å². The SMILES string of the molecule is Cl.OC(COc1ccc(Cl)cc1)CN1CCc2ccccc2C1. The molecule has 1 heterocycles. The fourth-order valence-corrected chi connectivity index (χ4v) is 2.91. The molecule has 1 atom stereocenters. The van der Waals surface area contributed by atoms with Crippen molar-refractivity contribution in [2.75, 3.05) is 19.7 Å². The summed E-state index contributed by atoms with van der Waals surface area (Å²) < 4.78 is 5.60. The Labute approximate surface area is 148 Å². The summed E-state index contributed by atoms with van der Waals surface area (Å²) in [5, 5.41) is 10.9. The predicted molar refractivity (Wildman–Crippen MR) is 95.6 cm³/mol. The van der Waals surface area contributed by atoms with Gasteiger partial charge in [-0.25, -0.2) is 0 Å². The monoisotopic (exact) mass is 353 g/mol. The number of hydrogen-bond acceptors (Lipinski definition) is 3. The van der Waals surface area contributed by atoms with Crippen LogP contribution in [0.2, 0.25) is 5.02 Å². The fourth-order valence-electron chi connectivity index (χ4n) is 2.78. The van der Waals surface area contributed by atoms with Crippen molar-refractivity contribution >= 4 is 24.0 Å². The first-order chi connectivity index (χ1) is 10.7. The highest BCUT2D eigenvalue weighted by Gasteiger charge is 2.18. The highest BCUT2D eigenvalue weighted by Crippen LogP contribution is 2.19. The average Bonchev–Trinajstić information content (AvgIpc) is 2.54. The second-order valence-electron chi connectivity index (χ2n) is 5.67. The van der Waals surface area contributed by atoms with Crippen molar-refractivity contribution in [2.45, 2.75) is 19.1 Å². The molecule has 1 aliphatic rings. The molecule has 0 saturated carbocycles. The minimum atomic E-state index is -0.499. The van der Waals surface area contributed by atoms with E-state index in [1.165, 1.54) is 11.1 Å². The molecule has 1 N–H and O–H groups in total. The maximum atomic E-state index is 10.2. The van der Waals surface area contributed by atoms with E-state index in [4.69, 9.17) is 16.3 Å². The standard InChI is InChI=1S/C18H20ClNO2.ClH/c19-16-5-7-18(8-6-16)22-13-17(21)12-20-10-9-14-3-1-2-4-15(14)11-20;/h1-8,17,21H,9-13H2;1H. The summed E-state index contributed by atoms with van der Waals surface area (Å²) in [6.07, 6.45) is 0.543. The van der Waals surface area contributed by atoms with Gasteiger partial charge in [0.15, 0.2) is 0 Å². The zero-order chi connectivity index (χ0) is 15.4. The summed E-state index contributed by atoms with van der Waals surface area (Å²) in [6.45, 7) is 2.80. The number of benzene rings is 2. The first kappa shape index (κ1) is 18.1. The van der Waals surface area contributed by atoms with Crippen molar-refractivity contribution in [3.05, 3.63) is 64.7 Å². The van der Waals surface area contributed by atoms with E-state index < -0.39 is 6.10 Å². The van der Waals surface area contributed by atoms with Gasteiger partial charge >= 0.3 is 0 Å². The molecule has 23 heavy (non-hydrogen) atoms. The maximum Gasteiger partial charge on any atom is 0.119 e. The summed E-state index contributed by atoms with van der Waals surface area (Å²) in [7, 11) is 0. The maximum absolute atomic E-state index is 10.2. The largest absolute Gasteiger partial charge is 0.491 e. The van der Waals surface area contributed by atoms with Gasteiger partial charge in [-0.05, 0) is 41.8 Å². The Hall–Kier alpha value is -1.26. The molecule has 5 heteroatoms. The van der Waals surface area contributed by atoms with E-state index in [0.717, 1.165) is 25.3 Å². The van der Waals surface area contributed by atoms with Crippen molar-refractivity contribution in [2.24, 2.45) is 0 Å². The Morgan fingerprint density at radius 2 is 1.78 bits per heavy atom. The number of β-amino-alcohol motifs (C(OH)–C–C–N with tert-alkyl or cyclic N) is 1. The minimum absolute atomic E-state index is 0. The molecule has 0 fully saturated rings. The second-order valence-corrected chi connectivity index (χ2v) is 6.11. The summed E-state index contributed by atoms with van der Waals surface area (Å²) in [4.78, 5) is 2.28. The number of nitrogens with zero attached hydrogens (tertiary/aromatic N) is 1. The third kappa shape index (κ3) is 5.11. The smallest absolute Gasteiger partial charge is 0.119 e. The third-order valence-corrected chi connectivity index (χ3v) is 4.19. The number of fused-ring (bicyclic) bond motifs is 1. The minimum Gasteiger partial charge on any atom is -0.491 e. The molecule has 0 aromatic heterocycles. The van der Waals surface area contributed by atoms with Gasteiger partial charge in [-0.1, -0.05) is 35.9 Å². The third-order valence-electron chi connectivity index (χ3n) is 3.93. The van der Waals surface area contributed by atoms with Gasteiger partial charge in [0.25, 0.3) is 0 Å². The molecule has 2 aromatic rings. The Morgan fingerprint density at radius 1 is 1.09 bits per heavy atom. The van der Waals surface area contributed by atoms with Gasteiger partial charge in [0, 0.05) is 24.7 Å². The van der Waals surface area contributed by atoms with Crippen LogP contribution in [0.4, 0.5) is 0 Å². The Bertz CT molecular complexity index is 619. The van der Waals surface area contributed by atoms with Crippen LogP contribution in [0.3, 0.4) is 0 Å². The Morgan fingerprint density at radius 3 is 2.52 bits per heavy atom. The Balaban J connectivity index is 0.00000192. The van der Waals surface area contributed by atoms with Gasteiger partial charge in [0.2, 0.25) is 0 Å². The molecule has 0 saturated heterocycles. The van der Waals surface area contributed by atoms with Crippen molar-refractivity contribution in [3.8, 4) is 5.75 Å². The van der Waals surface area contributed by atoms with Gasteiger partial charge < -0.3 is 9.84 Å². The van der Waals surface area contributed by atoms with Crippen LogP contribution in [0.25, 0.3) is 0 Å². The summed E-state index contributed by atoms with van der Waals surface area (Å²) in [6, 6.07) is 15.7. The lowest BCUT2D eigenvalue weighted by atomic mass is 10.00. The van der Waals surface area contributed by atoms with E-state index >= 15 is 0 Å². The van der Waals surface area contributed by atoms with Crippen LogP contribution in [-0.2, 0) is 13.0 Å². The summed E-state index contributed by atoms with van der Waals surface area (Å²) in [5.74, 6) is 0.729. The topological polar surface area (TPSA) is 32.7 Å². The number of rotatable bonds is 5. The number of hydrogen-bond donors (Lipinski definition) is 1. The lowest BCUT2D eigenvalue weighted by Crippen LogP contribution is -2.38. The zero-order valence-electron chi connectivity index (χ0n) is 12.8. The van der Waals surface area contributed by atoms with Crippen LogP contribution in [0, 0.1) is 0 Å². The van der Waals surface area contributed by atoms with Crippen LogP contribution in [-0.4, -0.2) is 35.8 Å². The fraction of sp³-hybridized carbons (Fsp3) is 0.333. The molecule has 1 aliphatic heterocycles. The van der Waals surface area contributed by atoms with Crippen molar-refractivity contribution < 1.29 is 9.84 Å². The quantitative estimate of drug-likeness (QED) is 0.891. The van der Waals surface area contributed by atoms with E-state index in [1.807, 2.05) is 12.1 Å². The van der Waals surface area contributed by atoms with Crippen molar-refractivity contribution in [1.29, 1.82) is 0 Å². The lowest BCUT2D eigenvalue weighted by molar-refractivity contribution is 0.0638. The first-order valence-electron chi connectivity index (χ1n) is 7.56. The summed E-state index contributed by atoms with van der Waals surface area (Å²) in [5.41, 5.74) is 2.78. The molecule has 0 spiro atoms. The van der Waals surface area contributed by atoms with Crippen LogP contribution < -0.4 is 4.74 Å². The van der Waals surface area contributed by atoms with Gasteiger partial charge in [-0.15, -0.1) is 12.4 Å². The molecule has 0 radical (unpaired) electrons. The number of ether oxygens (including phenoxy) is 1. The molecule has 0 amide bonds. The molecule has 1 unspecified atom stereocenters. The number of halogens is 2. The van der Waals surface area contributed by atoms with Crippen molar-refractivity contribution in [1.82, 2.24) is 4.90 Å². The van der Waals surface area contributed by atoms with E-state index in [0.29, 0.717) is 18.2 Å². The van der Waals surface area contributed by atoms with Crippen LogP contribution in [0.1, 0.15) is 11.1 Å². The van der Waals surface area contributed by atoms with E-state index in [1.54, 1.807) is 12.1 Å². The van der Waals surface area contributed by atoms with E-state index in [-0.39, 0.29) is 12.4 Å². The molecule has 3 nitrogen and oxygen atoms in total. The van der Waals surface area contributed by atoms with Crippen LogP contribution in [0.15, 0.2) is 48.5 Å². The highest BCUT2D eigenvalue weighted by atomic mass is 35.5. The highest BCUT2D eigenvalue weighted by molar-refractivity contribution is 6.30. The van der Waals surface area contributed by atoms with E-state index in [9.17, 15) is 5.11 Å². The molecular formula is C18H21Cl2NO2. The van der Waals surface area contributed by atoms with Crippen molar-refractivity contribution in [3.63, 3.8) is 0 Å². The first-order valence-corrected chi connectivity index (χ1v) is 7.94. The number of aliphatic hydroxyl groups is 1. The van der Waals surface area contributed by atoms with Gasteiger partial charge in [-0.2, -0.15) is 0 Å². The average molecular weight is 354 g/mol. The molecule has 3 rings (SSSR count). The molecule has 0 bridgehead atoms. The molecule has 124 valence electrons. The van der Waals surface area contributed by atoms with Gasteiger partial charge in [-0.3, -0.25) is 4.90 Å². The second kappa shape index (κ2) is 8.55. The molecular weight excluding hydrogens is 333 g/mol. The zero-order valence-corrected chi connectivity index (χ0v) is 14.4. The van der Waals surface area contributed by atoms with Gasteiger partial charge in [0.1, 0.15) is 18.5 Å². The van der Waals surface area contributed by atoms with Crippen LogP contribution >= 0.6 is 24.0 Å². The van der Waals surface area contributed by atoms with E-state index in [2.05, 4.69) is 29.2 Å². The number of aliphatic hydroxyl groups excluding tert-OH is 1. The normalized spacial score (nSPS) is 15.4. The predicted octanol–water partition coefficient (Wildman–Crippen LogP) is 3.56. The summed E-state index contributed by atoms with van der Waals surface area (Å²) >= 11 is 5.83. The lowest BCUT2D eigenvalue weighted by Gasteiger charge is -2.30. The Kier molecular flexibility index (Phi) is 6.72. The molecule has 2 aromatic carbocycles. The van der Waals surface area contributed by atoms with Gasteiger partial charge in [0.05, 0.1) is 0 Å².